The molecule has 1 saturated heterocycles. The maximum absolute atomic E-state index is 12.7. The minimum Gasteiger partial charge on any atom is -0.495 e. The molecule has 1 N–H and O–H groups in total. The normalized spacial score (nSPS) is 15.6. The van der Waals surface area contributed by atoms with Gasteiger partial charge in [0.2, 0.25) is 5.91 Å². The first-order valence-corrected chi connectivity index (χ1v) is 10.5. The van der Waals surface area contributed by atoms with Crippen LogP contribution in [-0.2, 0) is 32.0 Å². The molecule has 0 spiro atoms. The smallest absolute Gasteiger partial charge is 0.311 e. The molecule has 1 atom stereocenters. The number of nitrogens with zero attached hydrogens (tertiary/aromatic N) is 1. The number of carbonyl (C=O) groups is 3. The van der Waals surface area contributed by atoms with Crippen LogP contribution in [0.15, 0.2) is 42.5 Å². The van der Waals surface area contributed by atoms with Crippen molar-refractivity contribution >= 4 is 29.2 Å². The highest BCUT2D eigenvalue weighted by Crippen LogP contribution is 2.32. The van der Waals surface area contributed by atoms with E-state index in [0.29, 0.717) is 11.4 Å². The number of esters is 1. The Labute approximate surface area is 182 Å². The molecule has 1 aliphatic rings. The van der Waals surface area contributed by atoms with Gasteiger partial charge in [-0.15, -0.1) is 0 Å². The fourth-order valence-electron chi connectivity index (χ4n) is 3.83. The highest BCUT2D eigenvalue weighted by atomic mass is 16.5. The van der Waals surface area contributed by atoms with E-state index in [1.54, 1.807) is 29.2 Å². The summed E-state index contributed by atoms with van der Waals surface area (Å²) in [5, 5.41) is 2.66. The van der Waals surface area contributed by atoms with Crippen LogP contribution < -0.4 is 15.0 Å². The first-order valence-electron chi connectivity index (χ1n) is 10.5. The molecule has 164 valence electrons. The number of carbonyl (C=O) groups excluding carboxylic acids is 3. The average molecular weight is 424 g/mol. The Kier molecular flexibility index (Phi) is 7.28. The van der Waals surface area contributed by atoms with E-state index in [0.717, 1.165) is 29.7 Å². The Hall–Kier alpha value is -3.35. The van der Waals surface area contributed by atoms with Crippen molar-refractivity contribution in [3.05, 3.63) is 53.6 Å². The van der Waals surface area contributed by atoms with Crippen LogP contribution in [0.5, 0.6) is 5.75 Å². The SMILES string of the molecule is CCc1cccc(CC)c1N1C[C@@H](C(=O)OCC(=O)Nc2ccccc2OC)CC1=O. The fourth-order valence-corrected chi connectivity index (χ4v) is 3.83. The zero-order chi connectivity index (χ0) is 22.4. The second-order valence-corrected chi connectivity index (χ2v) is 7.39. The minimum atomic E-state index is -0.596. The van der Waals surface area contributed by atoms with Crippen LogP contribution in [0.2, 0.25) is 0 Å². The number of ether oxygens (including phenoxy) is 2. The minimum absolute atomic E-state index is 0.0775. The molecular formula is C24H28N2O5. The molecule has 2 aromatic rings. The lowest BCUT2D eigenvalue weighted by molar-refractivity contribution is -0.151. The summed E-state index contributed by atoms with van der Waals surface area (Å²) >= 11 is 0. The molecule has 2 amide bonds. The van der Waals surface area contributed by atoms with E-state index in [-0.39, 0.29) is 18.9 Å². The third-order valence-corrected chi connectivity index (χ3v) is 5.42. The summed E-state index contributed by atoms with van der Waals surface area (Å²) in [5.74, 6) is -1.19. The van der Waals surface area contributed by atoms with Gasteiger partial charge in [-0.1, -0.05) is 44.2 Å². The van der Waals surface area contributed by atoms with Crippen molar-refractivity contribution in [3.8, 4) is 5.75 Å². The molecule has 7 nitrogen and oxygen atoms in total. The van der Waals surface area contributed by atoms with Crippen LogP contribution in [-0.4, -0.2) is 38.0 Å². The van der Waals surface area contributed by atoms with Gasteiger partial charge < -0.3 is 19.7 Å². The van der Waals surface area contributed by atoms with Crippen molar-refractivity contribution in [2.45, 2.75) is 33.1 Å². The molecule has 1 aliphatic heterocycles. The Morgan fingerprint density at radius 3 is 2.39 bits per heavy atom. The van der Waals surface area contributed by atoms with Crippen LogP contribution in [0.4, 0.5) is 11.4 Å². The largest absolute Gasteiger partial charge is 0.495 e. The molecule has 0 aromatic heterocycles. The highest BCUT2D eigenvalue weighted by molar-refractivity contribution is 6.01. The first-order chi connectivity index (χ1) is 15.0. The van der Waals surface area contributed by atoms with Crippen LogP contribution in [0, 0.1) is 5.92 Å². The Morgan fingerprint density at radius 2 is 1.74 bits per heavy atom. The summed E-state index contributed by atoms with van der Waals surface area (Å²) < 4.78 is 10.4. The van der Waals surface area contributed by atoms with Gasteiger partial charge in [0, 0.05) is 18.7 Å². The quantitative estimate of drug-likeness (QED) is 0.657. The second-order valence-electron chi connectivity index (χ2n) is 7.39. The number of hydrogen-bond donors (Lipinski definition) is 1. The van der Waals surface area contributed by atoms with E-state index < -0.39 is 24.4 Å². The first kappa shape index (κ1) is 22.3. The van der Waals surface area contributed by atoms with E-state index >= 15 is 0 Å². The number of methoxy groups -OCH3 is 1. The molecule has 0 bridgehead atoms. The highest BCUT2D eigenvalue weighted by Gasteiger charge is 2.37. The molecule has 0 unspecified atom stereocenters. The van der Waals surface area contributed by atoms with E-state index in [1.807, 2.05) is 32.0 Å². The van der Waals surface area contributed by atoms with Crippen molar-refractivity contribution in [1.29, 1.82) is 0 Å². The van der Waals surface area contributed by atoms with Gasteiger partial charge in [0.05, 0.1) is 18.7 Å². The van der Waals surface area contributed by atoms with Crippen molar-refractivity contribution in [3.63, 3.8) is 0 Å². The molecule has 1 fully saturated rings. The van der Waals surface area contributed by atoms with Crippen LogP contribution >= 0.6 is 0 Å². The van der Waals surface area contributed by atoms with Crippen LogP contribution in [0.3, 0.4) is 0 Å². The summed E-state index contributed by atoms with van der Waals surface area (Å²) in [7, 11) is 1.51. The lowest BCUT2D eigenvalue weighted by Crippen LogP contribution is -2.29. The Morgan fingerprint density at radius 1 is 1.06 bits per heavy atom. The fraction of sp³-hybridized carbons (Fsp3) is 0.375. The molecule has 3 rings (SSSR count). The molecule has 0 saturated carbocycles. The molecule has 1 heterocycles. The number of benzene rings is 2. The van der Waals surface area contributed by atoms with Crippen molar-refractivity contribution in [2.24, 2.45) is 5.92 Å². The third kappa shape index (κ3) is 5.05. The van der Waals surface area contributed by atoms with Gasteiger partial charge >= 0.3 is 5.97 Å². The number of nitrogens with one attached hydrogen (secondary N) is 1. The standard InChI is InChI=1S/C24H28N2O5/c1-4-16-9-8-10-17(5-2)23(16)26-14-18(13-22(26)28)24(29)31-15-21(27)25-19-11-6-7-12-20(19)30-3/h6-12,18H,4-5,13-15H2,1-3H3,(H,25,27)/t18-/m0/s1. The van der Waals surface area contributed by atoms with Crippen molar-refractivity contribution in [2.75, 3.05) is 30.5 Å². The van der Waals surface area contributed by atoms with E-state index in [1.165, 1.54) is 7.11 Å². The Bertz CT molecular complexity index is 950. The second kappa shape index (κ2) is 10.1. The predicted molar refractivity (Wildman–Crippen MR) is 118 cm³/mol. The van der Waals surface area contributed by atoms with Crippen LogP contribution in [0.1, 0.15) is 31.4 Å². The molecule has 31 heavy (non-hydrogen) atoms. The van der Waals surface area contributed by atoms with E-state index in [4.69, 9.17) is 9.47 Å². The lowest BCUT2D eigenvalue weighted by Gasteiger charge is -2.23. The molecule has 2 aromatic carbocycles. The van der Waals surface area contributed by atoms with Gasteiger partial charge in [-0.3, -0.25) is 14.4 Å². The number of hydrogen-bond acceptors (Lipinski definition) is 5. The van der Waals surface area contributed by atoms with E-state index in [2.05, 4.69) is 5.32 Å². The van der Waals surface area contributed by atoms with Gasteiger partial charge in [-0.25, -0.2) is 0 Å². The van der Waals surface area contributed by atoms with Gasteiger partial charge in [-0.05, 0) is 36.1 Å². The molecule has 7 heteroatoms. The molecular weight excluding hydrogens is 396 g/mol. The number of rotatable bonds is 8. The average Bonchev–Trinajstić information content (AvgIpc) is 3.18. The number of aryl methyl sites for hydroxylation is 2. The molecule has 0 radical (unpaired) electrons. The predicted octanol–water partition coefficient (Wildman–Crippen LogP) is 3.35. The van der Waals surface area contributed by atoms with Gasteiger partial charge in [0.15, 0.2) is 6.61 Å². The summed E-state index contributed by atoms with van der Waals surface area (Å²) in [6.07, 6.45) is 1.67. The summed E-state index contributed by atoms with van der Waals surface area (Å²) in [5.41, 5.74) is 3.56. The maximum Gasteiger partial charge on any atom is 0.311 e. The Balaban J connectivity index is 1.62. The zero-order valence-corrected chi connectivity index (χ0v) is 18.1. The number of para-hydroxylation sites is 3. The number of amides is 2. The van der Waals surface area contributed by atoms with Gasteiger partial charge in [0.25, 0.3) is 5.91 Å². The maximum atomic E-state index is 12.7. The summed E-state index contributed by atoms with van der Waals surface area (Å²) in [6.45, 7) is 3.93. The topological polar surface area (TPSA) is 84.9 Å². The lowest BCUT2D eigenvalue weighted by atomic mass is 10.0. The summed E-state index contributed by atoms with van der Waals surface area (Å²) in [6, 6.07) is 13.0. The van der Waals surface area contributed by atoms with Crippen LogP contribution in [0.25, 0.3) is 0 Å². The zero-order valence-electron chi connectivity index (χ0n) is 18.1. The van der Waals surface area contributed by atoms with Crippen molar-refractivity contribution < 1.29 is 23.9 Å². The van der Waals surface area contributed by atoms with Gasteiger partial charge in [-0.2, -0.15) is 0 Å². The molecule has 0 aliphatic carbocycles. The van der Waals surface area contributed by atoms with E-state index in [9.17, 15) is 14.4 Å². The summed E-state index contributed by atoms with van der Waals surface area (Å²) in [4.78, 5) is 39.1. The third-order valence-electron chi connectivity index (χ3n) is 5.42. The van der Waals surface area contributed by atoms with Crippen molar-refractivity contribution in [1.82, 2.24) is 0 Å². The monoisotopic (exact) mass is 424 g/mol. The number of anilines is 2. The van der Waals surface area contributed by atoms with Gasteiger partial charge in [0.1, 0.15) is 5.75 Å².